The average Bonchev–Trinajstić information content (AvgIpc) is 3.36. The van der Waals surface area contributed by atoms with E-state index in [1.807, 2.05) is 6.07 Å². The molecular weight excluding hydrogens is 563 g/mol. The largest absolute Gasteiger partial charge is 1.00 e. The SMILES string of the molecule is [C-]#[N+]c1ccc(C2=N/C(=C/[O-])C(=O)N2c2ccc(NC(=O)COc3ccc(C(C)(C)CC)cc3C(C)(C)CC)cc2)cc1.[Na+]. The van der Waals surface area contributed by atoms with Gasteiger partial charge in [-0.3, -0.25) is 14.5 Å². The Morgan fingerprint density at radius 3 is 2.20 bits per heavy atom. The molecule has 44 heavy (non-hydrogen) atoms. The van der Waals surface area contributed by atoms with Crippen LogP contribution in [0.3, 0.4) is 0 Å². The van der Waals surface area contributed by atoms with Gasteiger partial charge in [-0.25, -0.2) is 9.84 Å². The molecule has 0 aromatic heterocycles. The molecule has 1 aliphatic heterocycles. The van der Waals surface area contributed by atoms with Crippen LogP contribution in [0.4, 0.5) is 17.1 Å². The second-order valence-corrected chi connectivity index (χ2v) is 11.8. The van der Waals surface area contributed by atoms with Gasteiger partial charge in [0, 0.05) is 16.8 Å². The smallest absolute Gasteiger partial charge is 0.876 e. The van der Waals surface area contributed by atoms with Gasteiger partial charge in [0.2, 0.25) is 0 Å². The molecule has 1 heterocycles. The molecule has 0 radical (unpaired) electrons. The molecule has 0 unspecified atom stereocenters. The summed E-state index contributed by atoms with van der Waals surface area (Å²) in [5.41, 5.74) is 4.05. The van der Waals surface area contributed by atoms with Crippen molar-refractivity contribution in [2.75, 3.05) is 16.8 Å². The zero-order chi connectivity index (χ0) is 31.4. The zero-order valence-corrected chi connectivity index (χ0v) is 28.5. The fourth-order valence-electron chi connectivity index (χ4n) is 4.65. The van der Waals surface area contributed by atoms with Crippen molar-refractivity contribution in [1.29, 1.82) is 0 Å². The summed E-state index contributed by atoms with van der Waals surface area (Å²) in [6.07, 6.45) is 2.35. The van der Waals surface area contributed by atoms with Crippen molar-refractivity contribution in [2.45, 2.75) is 65.2 Å². The van der Waals surface area contributed by atoms with Gasteiger partial charge in [-0.05, 0) is 59.6 Å². The fourth-order valence-corrected chi connectivity index (χ4v) is 4.65. The first-order chi connectivity index (χ1) is 20.4. The second-order valence-electron chi connectivity index (χ2n) is 11.8. The summed E-state index contributed by atoms with van der Waals surface area (Å²) in [5, 5.41) is 14.3. The van der Waals surface area contributed by atoms with E-state index in [0.29, 0.717) is 34.6 Å². The number of nitrogens with zero attached hydrogens (tertiary/aromatic N) is 3. The van der Waals surface area contributed by atoms with E-state index in [0.717, 1.165) is 18.4 Å². The van der Waals surface area contributed by atoms with Crippen LogP contribution in [0, 0.1) is 6.57 Å². The number of carbonyl (C=O) groups excluding carboxylic acids is 2. The maximum Gasteiger partial charge on any atom is 1.00 e. The topological polar surface area (TPSA) is 98.4 Å². The average molecular weight is 601 g/mol. The summed E-state index contributed by atoms with van der Waals surface area (Å²) in [6.45, 7) is 20.1. The molecule has 0 bridgehead atoms. The first-order valence-corrected chi connectivity index (χ1v) is 14.3. The molecule has 222 valence electrons. The van der Waals surface area contributed by atoms with E-state index in [9.17, 15) is 14.7 Å². The molecule has 3 aromatic rings. The molecule has 9 heteroatoms. The van der Waals surface area contributed by atoms with Gasteiger partial charge < -0.3 is 15.2 Å². The van der Waals surface area contributed by atoms with Gasteiger partial charge in [-0.1, -0.05) is 77.9 Å². The molecule has 1 aliphatic rings. The summed E-state index contributed by atoms with van der Waals surface area (Å²) >= 11 is 0. The number of amidine groups is 1. The third-order valence-corrected chi connectivity index (χ3v) is 8.25. The number of amides is 2. The number of hydrogen-bond donors (Lipinski definition) is 1. The summed E-state index contributed by atoms with van der Waals surface area (Å²) in [5.74, 6) is 0.109. The summed E-state index contributed by atoms with van der Waals surface area (Å²) in [4.78, 5) is 34.8. The van der Waals surface area contributed by atoms with Crippen molar-refractivity contribution >= 4 is 34.7 Å². The van der Waals surface area contributed by atoms with Crippen LogP contribution in [-0.2, 0) is 20.4 Å². The predicted octanol–water partition coefficient (Wildman–Crippen LogP) is 3.63. The van der Waals surface area contributed by atoms with Crippen LogP contribution in [-0.4, -0.2) is 24.3 Å². The Hall–Kier alpha value is -3.90. The zero-order valence-electron chi connectivity index (χ0n) is 26.5. The van der Waals surface area contributed by atoms with Crippen LogP contribution < -0.4 is 49.6 Å². The van der Waals surface area contributed by atoms with Gasteiger partial charge in [-0.15, -0.1) is 6.26 Å². The summed E-state index contributed by atoms with van der Waals surface area (Å²) in [7, 11) is 0. The van der Waals surface area contributed by atoms with Gasteiger partial charge in [0.25, 0.3) is 11.8 Å². The van der Waals surface area contributed by atoms with Crippen LogP contribution in [0.15, 0.2) is 83.7 Å². The maximum atomic E-state index is 12.9. The quantitative estimate of drug-likeness (QED) is 0.166. The van der Waals surface area contributed by atoms with Crippen LogP contribution in [0.1, 0.15) is 71.1 Å². The Morgan fingerprint density at radius 2 is 1.64 bits per heavy atom. The minimum Gasteiger partial charge on any atom is -0.876 e. The van der Waals surface area contributed by atoms with E-state index in [4.69, 9.17) is 11.3 Å². The van der Waals surface area contributed by atoms with E-state index in [-0.39, 0.29) is 64.4 Å². The Morgan fingerprint density at radius 1 is 1.00 bits per heavy atom. The van der Waals surface area contributed by atoms with Gasteiger partial charge in [0.05, 0.1) is 12.3 Å². The van der Waals surface area contributed by atoms with E-state index in [1.165, 1.54) is 10.5 Å². The standard InChI is InChI=1S/C35H38N4O4.Na/c1-8-34(3,4)24-12-19-30(28(20-24)35(5,6)9-2)43-22-31(41)37-26-15-17-27(18-16-26)39-32(38-29(21-40)33(39)42)23-10-13-25(36-7)14-11-23;/h10-21,40H,8-9,22H2,1-6H3,(H,37,41);/q;+1/p-1/b29-21+;. The number of nitrogens with one attached hydrogen (secondary N) is 1. The van der Waals surface area contributed by atoms with Crippen molar-refractivity contribution in [1.82, 2.24) is 0 Å². The number of anilines is 2. The first-order valence-electron chi connectivity index (χ1n) is 14.3. The molecule has 0 aliphatic carbocycles. The number of hydrogen-bond acceptors (Lipinski definition) is 5. The number of ether oxygens (including phenoxy) is 1. The minimum absolute atomic E-state index is 0. The van der Waals surface area contributed by atoms with Crippen molar-refractivity contribution in [3.05, 3.63) is 107 Å². The molecular formula is C35H37N4NaO4. The molecule has 0 saturated carbocycles. The maximum absolute atomic E-state index is 12.9. The monoisotopic (exact) mass is 600 g/mol. The molecule has 3 aromatic carbocycles. The third kappa shape index (κ3) is 7.41. The fraction of sp³-hybridized carbons (Fsp3) is 0.314. The Labute approximate surface area is 282 Å². The molecule has 2 amide bonds. The van der Waals surface area contributed by atoms with E-state index < -0.39 is 5.91 Å². The summed E-state index contributed by atoms with van der Waals surface area (Å²) in [6, 6.07) is 19.5. The molecule has 8 nitrogen and oxygen atoms in total. The van der Waals surface area contributed by atoms with Gasteiger partial charge in [-0.2, -0.15) is 0 Å². The van der Waals surface area contributed by atoms with Crippen molar-refractivity contribution in [3.63, 3.8) is 0 Å². The Balaban J connectivity index is 0.00000529. The van der Waals surface area contributed by atoms with E-state index in [2.05, 4.69) is 68.8 Å². The molecule has 4 rings (SSSR count). The van der Waals surface area contributed by atoms with Crippen LogP contribution in [0.5, 0.6) is 5.75 Å². The number of carbonyl (C=O) groups is 2. The van der Waals surface area contributed by atoms with Crippen molar-refractivity contribution in [3.8, 4) is 5.75 Å². The predicted molar refractivity (Wildman–Crippen MR) is 168 cm³/mol. The molecule has 0 atom stereocenters. The van der Waals surface area contributed by atoms with Gasteiger partial charge in [0.1, 0.15) is 17.3 Å². The summed E-state index contributed by atoms with van der Waals surface area (Å²) < 4.78 is 6.05. The Bertz CT molecular complexity index is 1620. The van der Waals surface area contributed by atoms with Crippen LogP contribution in [0.2, 0.25) is 0 Å². The molecule has 0 spiro atoms. The van der Waals surface area contributed by atoms with E-state index in [1.54, 1.807) is 48.5 Å². The number of aliphatic imine (C=N–C) groups is 1. The van der Waals surface area contributed by atoms with E-state index >= 15 is 0 Å². The van der Waals surface area contributed by atoms with Gasteiger partial charge in [0.15, 0.2) is 12.3 Å². The first kappa shape index (κ1) is 34.6. The van der Waals surface area contributed by atoms with Crippen molar-refractivity contribution in [2.24, 2.45) is 4.99 Å². The van der Waals surface area contributed by atoms with Gasteiger partial charge >= 0.3 is 29.6 Å². The van der Waals surface area contributed by atoms with Crippen LogP contribution in [0.25, 0.3) is 4.85 Å². The number of benzene rings is 3. The third-order valence-electron chi connectivity index (χ3n) is 8.25. The van der Waals surface area contributed by atoms with Crippen molar-refractivity contribution < 1.29 is 49.0 Å². The molecule has 1 N–H and O–H groups in total. The number of rotatable bonds is 10. The van der Waals surface area contributed by atoms with Crippen LogP contribution >= 0.6 is 0 Å². The molecule has 0 fully saturated rings. The normalized spacial score (nSPS) is 14.1. The molecule has 0 saturated heterocycles. The Kier molecular flexibility index (Phi) is 11.2. The second kappa shape index (κ2) is 14.3. The minimum atomic E-state index is -0.552.